The summed E-state index contributed by atoms with van der Waals surface area (Å²) in [5.74, 6) is 19.3. The molecule has 1 fully saturated rings. The molecular formula is C78H93N9O15. The minimum Gasteiger partial charge on any atom is -0.494 e. The van der Waals surface area contributed by atoms with Crippen LogP contribution in [0.15, 0.2) is 109 Å². The van der Waals surface area contributed by atoms with Gasteiger partial charge in [0.1, 0.15) is 51.1 Å². The first-order valence-electron chi connectivity index (χ1n) is 33.8. The molecule has 3 N–H and O–H groups in total. The number of rotatable bonds is 24. The van der Waals surface area contributed by atoms with Crippen molar-refractivity contribution in [2.24, 2.45) is 0 Å². The number of carbonyl (C=O) groups is 6. The number of hydrogen-bond acceptors (Lipinski definition) is 21. The predicted octanol–water partition coefficient (Wildman–Crippen LogP) is 10.1. The number of ether oxygens (including phenoxy) is 9. The maximum Gasteiger partial charge on any atom is 0.407 e. The van der Waals surface area contributed by atoms with E-state index in [9.17, 15) is 28.8 Å². The minimum absolute atomic E-state index is 0.0936. The van der Waals surface area contributed by atoms with E-state index in [2.05, 4.69) is 66.2 Å². The Balaban J connectivity index is 1.11. The van der Waals surface area contributed by atoms with Crippen LogP contribution in [0.3, 0.4) is 0 Å². The van der Waals surface area contributed by atoms with E-state index in [-0.39, 0.29) is 17.1 Å². The number of alkyl carbamates (subject to hydrolysis) is 3. The Morgan fingerprint density at radius 3 is 0.824 bits per heavy atom. The highest BCUT2D eigenvalue weighted by Gasteiger charge is 2.23. The van der Waals surface area contributed by atoms with Crippen molar-refractivity contribution >= 4 is 36.2 Å². The van der Waals surface area contributed by atoms with E-state index in [0.717, 1.165) is 0 Å². The number of benzene rings is 3. The Kier molecular flexibility index (Phi) is 29.9. The van der Waals surface area contributed by atoms with Gasteiger partial charge in [0.25, 0.3) is 0 Å². The monoisotopic (exact) mass is 1400 g/mol. The van der Waals surface area contributed by atoms with Crippen molar-refractivity contribution in [2.45, 2.75) is 118 Å². The van der Waals surface area contributed by atoms with Gasteiger partial charge in [0.05, 0.1) is 58.2 Å². The van der Waals surface area contributed by atoms with E-state index in [1.807, 2.05) is 91.0 Å². The summed E-state index contributed by atoms with van der Waals surface area (Å²) >= 11 is 0. The molecule has 0 saturated carbocycles. The van der Waals surface area contributed by atoms with Crippen molar-refractivity contribution in [3.63, 3.8) is 0 Å². The van der Waals surface area contributed by atoms with Crippen molar-refractivity contribution in [1.29, 1.82) is 0 Å². The quantitative estimate of drug-likeness (QED) is 0.0220. The molecule has 0 radical (unpaired) electrons. The highest BCUT2D eigenvalue weighted by Crippen LogP contribution is 2.20. The molecule has 24 nitrogen and oxygen atoms in total. The highest BCUT2D eigenvalue weighted by molar-refractivity contribution is 5.88. The molecule has 3 aromatic heterocycles. The van der Waals surface area contributed by atoms with Gasteiger partial charge in [0.15, 0.2) is 0 Å². The first-order chi connectivity index (χ1) is 48.6. The van der Waals surface area contributed by atoms with Gasteiger partial charge in [-0.05, 0) is 191 Å². The molecule has 0 unspecified atom stereocenters. The van der Waals surface area contributed by atoms with Gasteiger partial charge in [-0.2, -0.15) is 0 Å². The van der Waals surface area contributed by atoms with Crippen LogP contribution >= 0.6 is 0 Å². The van der Waals surface area contributed by atoms with Crippen molar-refractivity contribution in [1.82, 2.24) is 45.6 Å². The van der Waals surface area contributed by atoms with Gasteiger partial charge in [0, 0.05) is 112 Å². The lowest BCUT2D eigenvalue weighted by molar-refractivity contribution is 0.0513. The van der Waals surface area contributed by atoms with Crippen LogP contribution in [0.2, 0.25) is 0 Å². The van der Waals surface area contributed by atoms with E-state index in [4.69, 9.17) is 57.6 Å². The average Bonchev–Trinajstić information content (AvgIpc) is 1.08. The lowest BCUT2D eigenvalue weighted by atomic mass is 10.1. The number of methoxy groups -OCH3 is 3. The SMILES string of the molecule is COC(=O)c1cc(C#Cc2ccc(OCCCNC(=O)OC(C)(C)C)cc2)cc(CN2CCN(Cc3cc(C#Cc4ccc(OCCCNC(=O)OC(C)(C)C)cc4)cc(C(=O)OC)n3)CCN(Cc3cc(C#Cc4ccc(OCCCNC(=O)OC(C)(C)C)cc4)cc(C(=O)OC)n3)CC2)n1. The van der Waals surface area contributed by atoms with E-state index in [1.165, 1.54) is 21.3 Å². The molecule has 0 atom stereocenters. The number of carbonyl (C=O) groups excluding carboxylic acids is 6. The second kappa shape index (κ2) is 38.8. The van der Waals surface area contributed by atoms with E-state index in [0.29, 0.717) is 185 Å². The number of amides is 3. The molecule has 0 spiro atoms. The molecule has 0 bridgehead atoms. The topological polar surface area (TPSA) is 270 Å². The predicted molar refractivity (Wildman–Crippen MR) is 383 cm³/mol. The molecule has 24 heteroatoms. The van der Waals surface area contributed by atoms with E-state index in [1.54, 1.807) is 80.5 Å². The molecule has 4 heterocycles. The summed E-state index contributed by atoms with van der Waals surface area (Å²) in [6.45, 7) is 22.7. The summed E-state index contributed by atoms with van der Waals surface area (Å²) in [7, 11) is 3.91. The van der Waals surface area contributed by atoms with E-state index >= 15 is 0 Å². The maximum absolute atomic E-state index is 13.2. The second-order valence-corrected chi connectivity index (χ2v) is 26.7. The molecule has 1 aliphatic rings. The van der Waals surface area contributed by atoms with Crippen LogP contribution in [0.25, 0.3) is 0 Å². The lowest BCUT2D eigenvalue weighted by Crippen LogP contribution is -2.36. The Morgan fingerprint density at radius 1 is 0.363 bits per heavy atom. The van der Waals surface area contributed by atoms with Gasteiger partial charge in [-0.1, -0.05) is 35.5 Å². The fraction of sp³-hybridized carbons (Fsp3) is 0.423. The second-order valence-electron chi connectivity index (χ2n) is 26.7. The zero-order valence-corrected chi connectivity index (χ0v) is 60.4. The summed E-state index contributed by atoms with van der Waals surface area (Å²) in [6.07, 6.45) is 0.267. The molecule has 1 aliphatic heterocycles. The Morgan fingerprint density at radius 2 is 0.598 bits per heavy atom. The standard InChI is InChI=1S/C78H93N9O15/c1-76(2,3)100-73(91)79-34-13-43-97-64-28-22-55(23-29-64)16-19-58-46-61(82-67(49-58)70(88)94-10)52-85-37-39-86(53-62-47-59(50-68(83-62)71(89)95-11)20-17-56-24-30-65(31-25-56)98-44-14-35-80-74(92)101-77(4,5)6)41-42-87(40-38-85)54-63-48-60(51-69(84-63)72(90)96-12)21-18-57-26-32-66(33-27-57)99-45-15-36-81-75(93)102-78(7,8)9/h22-33,46-51H,13-15,34-45,52-54H2,1-12H3,(H,79,91)(H,80,92)(H,81,93). The van der Waals surface area contributed by atoms with Gasteiger partial charge < -0.3 is 58.6 Å². The average molecular weight is 1400 g/mol. The number of esters is 3. The third-order valence-corrected chi connectivity index (χ3v) is 14.6. The van der Waals surface area contributed by atoms with Crippen molar-refractivity contribution in [3.05, 3.63) is 177 Å². The molecule has 3 amide bonds. The summed E-state index contributed by atoms with van der Waals surface area (Å²) < 4.78 is 49.1. The normalized spacial score (nSPS) is 12.8. The van der Waals surface area contributed by atoms with Crippen LogP contribution in [0, 0.1) is 35.5 Å². The first kappa shape index (κ1) is 78.6. The van der Waals surface area contributed by atoms with Crippen LogP contribution in [-0.2, 0) is 48.1 Å². The molecule has 7 rings (SSSR count). The number of nitrogens with one attached hydrogen (secondary N) is 3. The fourth-order valence-corrected chi connectivity index (χ4v) is 9.83. The number of aromatic nitrogens is 3. The summed E-state index contributed by atoms with van der Waals surface area (Å²) in [5, 5.41) is 8.19. The fourth-order valence-electron chi connectivity index (χ4n) is 9.83. The molecule has 1 saturated heterocycles. The van der Waals surface area contributed by atoms with Crippen molar-refractivity contribution < 1.29 is 71.4 Å². The van der Waals surface area contributed by atoms with Crippen LogP contribution < -0.4 is 30.2 Å². The third-order valence-electron chi connectivity index (χ3n) is 14.6. The minimum atomic E-state index is -0.620. The number of nitrogens with zero attached hydrogens (tertiary/aromatic N) is 6. The van der Waals surface area contributed by atoms with Crippen LogP contribution in [-0.4, -0.2) is 183 Å². The van der Waals surface area contributed by atoms with Gasteiger partial charge in [-0.3, -0.25) is 14.7 Å². The summed E-state index contributed by atoms with van der Waals surface area (Å²) in [4.78, 5) is 96.9. The Labute approximate surface area is 598 Å². The van der Waals surface area contributed by atoms with E-state index < -0.39 is 53.0 Å². The van der Waals surface area contributed by atoms with Gasteiger partial charge in [-0.25, -0.2) is 43.7 Å². The van der Waals surface area contributed by atoms with Gasteiger partial charge >= 0.3 is 36.2 Å². The molecule has 6 aromatic rings. The van der Waals surface area contributed by atoms with Gasteiger partial charge in [0.2, 0.25) is 0 Å². The molecular weight excluding hydrogens is 1300 g/mol. The number of hydrogen-bond donors (Lipinski definition) is 3. The Hall–Kier alpha value is -10.7. The smallest absolute Gasteiger partial charge is 0.407 e. The largest absolute Gasteiger partial charge is 0.494 e. The number of pyridine rings is 3. The first-order valence-corrected chi connectivity index (χ1v) is 33.8. The highest BCUT2D eigenvalue weighted by atomic mass is 16.6. The zero-order chi connectivity index (χ0) is 73.7. The summed E-state index contributed by atoms with van der Waals surface area (Å²) in [5.41, 5.74) is 4.00. The van der Waals surface area contributed by atoms with Gasteiger partial charge in [-0.15, -0.1) is 0 Å². The third kappa shape index (κ3) is 29.2. The molecule has 102 heavy (non-hydrogen) atoms. The molecule has 0 aliphatic carbocycles. The van der Waals surface area contributed by atoms with Crippen LogP contribution in [0.5, 0.6) is 17.2 Å². The zero-order valence-electron chi connectivity index (χ0n) is 60.4. The Bertz CT molecular complexity index is 3590. The molecule has 3 aromatic carbocycles. The molecule has 540 valence electrons. The summed E-state index contributed by atoms with van der Waals surface area (Å²) in [6, 6.07) is 32.3. The van der Waals surface area contributed by atoms with Crippen LogP contribution in [0.1, 0.15) is 164 Å². The van der Waals surface area contributed by atoms with Crippen molar-refractivity contribution in [2.75, 3.05) is 100 Å². The lowest BCUT2D eigenvalue weighted by Gasteiger charge is -2.25. The maximum atomic E-state index is 13.2. The van der Waals surface area contributed by atoms with Crippen molar-refractivity contribution in [3.8, 4) is 52.8 Å². The van der Waals surface area contributed by atoms with Crippen LogP contribution in [0.4, 0.5) is 14.4 Å².